The second-order valence-corrected chi connectivity index (χ2v) is 7.04. The molecule has 0 aliphatic rings. The Morgan fingerprint density at radius 1 is 1.08 bits per heavy atom. The van der Waals surface area contributed by atoms with E-state index in [0.29, 0.717) is 0 Å². The van der Waals surface area contributed by atoms with Gasteiger partial charge in [0.1, 0.15) is 11.4 Å². The molecule has 0 atom stereocenters. The topological polar surface area (TPSA) is 83.1 Å². The molecule has 0 saturated heterocycles. The first-order valence-corrected chi connectivity index (χ1v) is 7.67. The quantitative estimate of drug-likeness (QED) is 0.367. The number of anilines is 1. The van der Waals surface area contributed by atoms with Crippen LogP contribution < -0.4 is 10.5 Å². The Balaban J connectivity index is 3.23. The molecule has 0 amide bonds. The van der Waals surface area contributed by atoms with Crippen molar-refractivity contribution in [2.24, 2.45) is 5.16 Å². The Hall–Kier alpha value is -2.45. The number of nitrogens with two attached hydrogens (primary N) is 1. The minimum atomic E-state index is -4.84. The number of oxime groups is 1. The van der Waals surface area contributed by atoms with Crippen LogP contribution in [-0.4, -0.2) is 36.2 Å². The van der Waals surface area contributed by atoms with Crippen molar-refractivity contribution in [2.75, 3.05) is 12.8 Å². The van der Waals surface area contributed by atoms with Gasteiger partial charge in [-0.15, -0.1) is 0 Å². The van der Waals surface area contributed by atoms with Crippen molar-refractivity contribution in [3.8, 4) is 5.75 Å². The number of carbonyl (C=O) groups is 1. The Bertz CT molecular complexity index is 692. The van der Waals surface area contributed by atoms with Crippen LogP contribution in [0.4, 0.5) is 18.9 Å². The zero-order valence-electron chi connectivity index (χ0n) is 15.5. The lowest BCUT2D eigenvalue weighted by Crippen LogP contribution is -2.40. The van der Waals surface area contributed by atoms with Crippen LogP contribution in [0, 0.1) is 0 Å². The summed E-state index contributed by atoms with van der Waals surface area (Å²) in [5.41, 5.74) is 1.40. The summed E-state index contributed by atoms with van der Waals surface area (Å²) < 4.78 is 50.3. The van der Waals surface area contributed by atoms with Gasteiger partial charge >= 0.3 is 12.1 Å². The van der Waals surface area contributed by atoms with E-state index in [2.05, 4.69) is 5.16 Å². The summed E-state index contributed by atoms with van der Waals surface area (Å²) in [4.78, 5) is 17.0. The molecule has 0 radical (unpaired) electrons. The van der Waals surface area contributed by atoms with E-state index in [-0.39, 0.29) is 17.0 Å². The van der Waals surface area contributed by atoms with Crippen molar-refractivity contribution in [3.63, 3.8) is 0 Å². The lowest BCUT2D eigenvalue weighted by Gasteiger charge is -2.27. The van der Waals surface area contributed by atoms with E-state index in [1.807, 2.05) is 0 Å². The first-order valence-electron chi connectivity index (χ1n) is 7.67. The molecule has 0 heterocycles. The zero-order chi connectivity index (χ0) is 20.3. The van der Waals surface area contributed by atoms with Crippen LogP contribution in [0.3, 0.4) is 0 Å². The summed E-state index contributed by atoms with van der Waals surface area (Å²) in [6.45, 7) is 7.41. The number of rotatable bonds is 5. The van der Waals surface area contributed by atoms with Gasteiger partial charge < -0.3 is 20.0 Å². The number of esters is 1. The van der Waals surface area contributed by atoms with Gasteiger partial charge in [0.2, 0.25) is 5.60 Å². The molecule has 0 spiro atoms. The maximum Gasteiger partial charge on any atom is 0.437 e. The molecule has 0 aliphatic carbocycles. The average molecular weight is 376 g/mol. The van der Waals surface area contributed by atoms with Crippen LogP contribution >= 0.6 is 0 Å². The number of benzene rings is 1. The fraction of sp³-hybridized carbons (Fsp3) is 0.529. The second-order valence-electron chi connectivity index (χ2n) is 7.04. The molecule has 1 aromatic carbocycles. The van der Waals surface area contributed by atoms with Gasteiger partial charge in [0, 0.05) is 17.3 Å². The van der Waals surface area contributed by atoms with Gasteiger partial charge in [0.15, 0.2) is 5.71 Å². The lowest BCUT2D eigenvalue weighted by atomic mass is 10.1. The third-order valence-electron chi connectivity index (χ3n) is 2.96. The molecule has 26 heavy (non-hydrogen) atoms. The highest BCUT2D eigenvalue weighted by Crippen LogP contribution is 2.28. The van der Waals surface area contributed by atoms with Crippen molar-refractivity contribution in [3.05, 3.63) is 23.8 Å². The number of halogens is 3. The molecule has 0 aromatic heterocycles. The van der Waals surface area contributed by atoms with E-state index in [1.165, 1.54) is 27.0 Å². The number of methoxy groups -OCH3 is 1. The normalized spacial score (nSPS) is 13.3. The zero-order valence-corrected chi connectivity index (χ0v) is 15.5. The summed E-state index contributed by atoms with van der Waals surface area (Å²) in [7, 11) is 1.30. The Kier molecular flexibility index (Phi) is 6.17. The van der Waals surface area contributed by atoms with Gasteiger partial charge in [-0.3, -0.25) is 0 Å². The number of hydrogen-bond donors (Lipinski definition) is 1. The van der Waals surface area contributed by atoms with Gasteiger partial charge in [0.25, 0.3) is 0 Å². The summed E-state index contributed by atoms with van der Waals surface area (Å²) >= 11 is 0. The van der Waals surface area contributed by atoms with Crippen LogP contribution in [-0.2, 0) is 14.4 Å². The molecule has 0 fully saturated rings. The van der Waals surface area contributed by atoms with Crippen molar-refractivity contribution in [1.29, 1.82) is 0 Å². The predicted octanol–water partition coefficient (Wildman–Crippen LogP) is 3.68. The number of nitrogen functional groups attached to an aromatic ring is 1. The predicted molar refractivity (Wildman–Crippen MR) is 91.0 cm³/mol. The Morgan fingerprint density at radius 3 is 2.12 bits per heavy atom. The van der Waals surface area contributed by atoms with Crippen LogP contribution in [0.5, 0.6) is 5.75 Å². The van der Waals surface area contributed by atoms with E-state index in [1.54, 1.807) is 20.8 Å². The number of nitrogens with zero attached hydrogens (tertiary/aromatic N) is 1. The highest BCUT2D eigenvalue weighted by atomic mass is 19.4. The Morgan fingerprint density at radius 2 is 1.65 bits per heavy atom. The maximum absolute atomic E-state index is 13.4. The molecule has 6 nitrogen and oxygen atoms in total. The number of hydrogen-bond acceptors (Lipinski definition) is 6. The summed E-state index contributed by atoms with van der Waals surface area (Å²) in [5, 5.41) is 3.18. The number of carbonyl (C=O) groups excluding carboxylic acids is 1. The number of ether oxygens (including phenoxy) is 2. The van der Waals surface area contributed by atoms with Crippen LogP contribution in [0.15, 0.2) is 23.4 Å². The molecule has 1 rings (SSSR count). The highest BCUT2D eigenvalue weighted by molar-refractivity contribution is 6.05. The lowest BCUT2D eigenvalue weighted by molar-refractivity contribution is -0.180. The molecular weight excluding hydrogens is 353 g/mol. The van der Waals surface area contributed by atoms with Crippen molar-refractivity contribution in [1.82, 2.24) is 0 Å². The van der Waals surface area contributed by atoms with E-state index < -0.39 is 29.1 Å². The first kappa shape index (κ1) is 21.6. The summed E-state index contributed by atoms with van der Waals surface area (Å²) in [6, 6.07) is 3.56. The van der Waals surface area contributed by atoms with Gasteiger partial charge in [-0.25, -0.2) is 4.79 Å². The largest absolute Gasteiger partial charge is 0.497 e. The molecule has 146 valence electrons. The molecule has 0 aliphatic heterocycles. The highest BCUT2D eigenvalue weighted by Gasteiger charge is 2.41. The summed E-state index contributed by atoms with van der Waals surface area (Å²) in [5.74, 6) is -0.719. The van der Waals surface area contributed by atoms with Crippen molar-refractivity contribution in [2.45, 2.75) is 52.0 Å². The van der Waals surface area contributed by atoms with Gasteiger partial charge in [-0.1, -0.05) is 5.16 Å². The van der Waals surface area contributed by atoms with E-state index in [0.717, 1.165) is 12.1 Å². The standard InChI is InChI=1S/C17H23F3N2O4/c1-15(2,3)25-14(23)16(4,5)26-22-13(17(18,19)20)10-7-11(21)9-12(8-10)24-6/h7-9H,21H2,1-6H3/b22-13-. The van der Waals surface area contributed by atoms with Gasteiger partial charge in [-0.05, 0) is 46.8 Å². The van der Waals surface area contributed by atoms with Crippen LogP contribution in [0.1, 0.15) is 40.2 Å². The third-order valence-corrected chi connectivity index (χ3v) is 2.96. The smallest absolute Gasteiger partial charge is 0.437 e. The molecule has 9 heteroatoms. The molecule has 1 aromatic rings. The monoisotopic (exact) mass is 376 g/mol. The molecule has 0 saturated carbocycles. The fourth-order valence-corrected chi connectivity index (χ4v) is 1.74. The minimum absolute atomic E-state index is 0.0581. The fourth-order valence-electron chi connectivity index (χ4n) is 1.74. The van der Waals surface area contributed by atoms with E-state index in [9.17, 15) is 18.0 Å². The van der Waals surface area contributed by atoms with Crippen molar-refractivity contribution < 1.29 is 32.3 Å². The number of alkyl halides is 3. The van der Waals surface area contributed by atoms with E-state index in [4.69, 9.17) is 20.0 Å². The van der Waals surface area contributed by atoms with Gasteiger partial charge in [0.05, 0.1) is 7.11 Å². The molecule has 0 bridgehead atoms. The maximum atomic E-state index is 13.4. The average Bonchev–Trinajstić information content (AvgIpc) is 2.43. The molecule has 2 N–H and O–H groups in total. The van der Waals surface area contributed by atoms with Crippen LogP contribution in [0.25, 0.3) is 0 Å². The van der Waals surface area contributed by atoms with Crippen LogP contribution in [0.2, 0.25) is 0 Å². The van der Waals surface area contributed by atoms with E-state index >= 15 is 0 Å². The van der Waals surface area contributed by atoms with Gasteiger partial charge in [-0.2, -0.15) is 13.2 Å². The Labute approximate surface area is 150 Å². The SMILES string of the molecule is COc1cc(N)cc(/C(=N/OC(C)(C)C(=O)OC(C)(C)C)C(F)(F)F)c1. The molecule has 0 unspecified atom stereocenters. The minimum Gasteiger partial charge on any atom is -0.497 e. The summed E-state index contributed by atoms with van der Waals surface area (Å²) in [6.07, 6.45) is -4.84. The third kappa shape index (κ3) is 6.12. The second kappa shape index (κ2) is 7.43. The first-order chi connectivity index (χ1) is 11.7. The van der Waals surface area contributed by atoms with Crippen molar-refractivity contribution >= 4 is 17.4 Å². The molecular formula is C17H23F3N2O4.